The smallest absolute Gasteiger partial charge is 0.408 e. The van der Waals surface area contributed by atoms with Gasteiger partial charge in [0.25, 0.3) is 0 Å². The number of hydrogen-bond donors (Lipinski definition) is 5. The number of hydrogen-bond acceptors (Lipinski definition) is 7. The minimum Gasteiger partial charge on any atom is -0.493 e. The minimum absolute atomic E-state index is 0.0994. The van der Waals surface area contributed by atoms with Crippen LogP contribution < -0.4 is 25.0 Å². The highest BCUT2D eigenvalue weighted by atomic mass is 32.2. The van der Waals surface area contributed by atoms with Gasteiger partial charge in [0.05, 0.1) is 11.9 Å². The molecule has 0 unspecified atom stereocenters. The molecular weight excluding hydrogens is 574 g/mol. The summed E-state index contributed by atoms with van der Waals surface area (Å²) in [5, 5.41) is 17.9. The van der Waals surface area contributed by atoms with E-state index in [0.717, 1.165) is 35.3 Å². The molecule has 0 fully saturated rings. The van der Waals surface area contributed by atoms with Crippen LogP contribution in [0.2, 0.25) is 0 Å². The SMILES string of the molecule is CCCCCNC(=O)[C@H](Cc1ccc(N2C=C(O)NS2(=O)=O)cc1)NC(=O)[C@H](Cc1ccccc1)NC(=O)OC(C)(C)C. The van der Waals surface area contributed by atoms with Crippen LogP contribution in [0, 0.1) is 0 Å². The van der Waals surface area contributed by atoms with Gasteiger partial charge in [0.2, 0.25) is 17.7 Å². The van der Waals surface area contributed by atoms with E-state index in [-0.39, 0.29) is 24.4 Å². The van der Waals surface area contributed by atoms with Crippen LogP contribution in [0.5, 0.6) is 0 Å². The van der Waals surface area contributed by atoms with Crippen LogP contribution in [-0.4, -0.2) is 55.7 Å². The molecule has 0 aliphatic carbocycles. The van der Waals surface area contributed by atoms with E-state index in [1.54, 1.807) is 32.9 Å². The number of ether oxygens (including phenoxy) is 1. The number of rotatable bonds is 13. The molecule has 0 saturated heterocycles. The summed E-state index contributed by atoms with van der Waals surface area (Å²) in [6, 6.07) is 13.5. The molecule has 234 valence electrons. The quantitative estimate of drug-likeness (QED) is 0.216. The molecule has 0 aromatic heterocycles. The zero-order valence-electron chi connectivity index (χ0n) is 24.9. The molecule has 1 aliphatic rings. The third kappa shape index (κ3) is 10.5. The molecule has 3 rings (SSSR count). The van der Waals surface area contributed by atoms with Gasteiger partial charge in [-0.25, -0.2) is 13.8 Å². The van der Waals surface area contributed by atoms with E-state index >= 15 is 0 Å². The number of aliphatic hydroxyl groups excluding tert-OH is 1. The zero-order chi connectivity index (χ0) is 31.6. The monoisotopic (exact) mass is 615 g/mol. The van der Waals surface area contributed by atoms with Gasteiger partial charge in [0.1, 0.15) is 17.7 Å². The predicted octanol–water partition coefficient (Wildman–Crippen LogP) is 3.17. The van der Waals surface area contributed by atoms with Crippen molar-refractivity contribution in [2.24, 2.45) is 0 Å². The van der Waals surface area contributed by atoms with Crippen LogP contribution in [0.15, 0.2) is 66.7 Å². The second-order valence-electron chi connectivity index (χ2n) is 11.2. The number of amides is 3. The molecule has 3 amide bonds. The molecule has 12 nitrogen and oxygen atoms in total. The van der Waals surface area contributed by atoms with Crippen LogP contribution in [0.3, 0.4) is 0 Å². The topological polar surface area (TPSA) is 166 Å². The maximum absolute atomic E-state index is 13.6. The van der Waals surface area contributed by atoms with Gasteiger partial charge >= 0.3 is 16.3 Å². The van der Waals surface area contributed by atoms with E-state index in [9.17, 15) is 27.9 Å². The molecule has 5 N–H and O–H groups in total. The molecule has 0 spiro atoms. The van der Waals surface area contributed by atoms with E-state index in [1.165, 1.54) is 12.1 Å². The molecule has 1 aliphatic heterocycles. The number of benzene rings is 2. The van der Waals surface area contributed by atoms with Crippen molar-refractivity contribution >= 4 is 33.8 Å². The fraction of sp³-hybridized carbons (Fsp3) is 0.433. The number of carbonyl (C=O) groups excluding carboxylic acids is 3. The van der Waals surface area contributed by atoms with Crippen LogP contribution >= 0.6 is 0 Å². The summed E-state index contributed by atoms with van der Waals surface area (Å²) in [5.74, 6) is -1.45. The Labute approximate surface area is 253 Å². The Hall–Kier alpha value is -4.26. The molecule has 13 heteroatoms. The molecule has 2 aromatic rings. The molecule has 0 radical (unpaired) electrons. The molecule has 2 aromatic carbocycles. The number of nitrogens with zero attached hydrogens (tertiary/aromatic N) is 1. The van der Waals surface area contributed by atoms with Gasteiger partial charge in [-0.2, -0.15) is 8.42 Å². The lowest BCUT2D eigenvalue weighted by Gasteiger charge is -2.25. The fourth-order valence-corrected chi connectivity index (χ4v) is 5.37. The van der Waals surface area contributed by atoms with Gasteiger partial charge in [0, 0.05) is 19.4 Å². The Bertz CT molecular complexity index is 1390. The van der Waals surface area contributed by atoms with Crippen LogP contribution in [0.1, 0.15) is 58.1 Å². The highest BCUT2D eigenvalue weighted by Gasteiger charge is 2.30. The second-order valence-corrected chi connectivity index (χ2v) is 12.8. The third-order valence-corrected chi connectivity index (χ3v) is 7.67. The van der Waals surface area contributed by atoms with Gasteiger partial charge in [0.15, 0.2) is 0 Å². The van der Waals surface area contributed by atoms with Crippen molar-refractivity contribution < 1.29 is 32.6 Å². The van der Waals surface area contributed by atoms with Crippen molar-refractivity contribution in [1.82, 2.24) is 20.7 Å². The standard InChI is InChI=1S/C30H41N5O7S/c1-5-6-10-17-31-27(37)24(19-22-13-15-23(16-14-22)35-20-26(36)34-43(35,40)41)32-28(38)25(18-21-11-8-7-9-12-21)33-29(39)42-30(2,3)4/h7-9,11-16,20,24-25,34,36H,5-6,10,17-19H2,1-4H3,(H,31,37)(H,32,38)(H,33,39)/t24-,25-/m0/s1. The number of unbranched alkanes of at least 4 members (excludes halogenated alkanes) is 2. The first kappa shape index (κ1) is 33.2. The average Bonchev–Trinajstić information content (AvgIpc) is 3.21. The largest absolute Gasteiger partial charge is 0.493 e. The first-order valence-electron chi connectivity index (χ1n) is 14.2. The summed E-state index contributed by atoms with van der Waals surface area (Å²) in [5.41, 5.74) is 0.954. The molecule has 1 heterocycles. The summed E-state index contributed by atoms with van der Waals surface area (Å²) < 4.78 is 32.7. The normalized spacial score (nSPS) is 15.4. The fourth-order valence-electron chi connectivity index (χ4n) is 4.32. The van der Waals surface area contributed by atoms with E-state index in [0.29, 0.717) is 12.1 Å². The number of aliphatic hydroxyl groups is 1. The van der Waals surface area contributed by atoms with E-state index in [2.05, 4.69) is 22.9 Å². The first-order valence-corrected chi connectivity index (χ1v) is 15.6. The van der Waals surface area contributed by atoms with Gasteiger partial charge in [-0.15, -0.1) is 0 Å². The summed E-state index contributed by atoms with van der Waals surface area (Å²) in [6.07, 6.45) is 3.26. The zero-order valence-corrected chi connectivity index (χ0v) is 25.7. The maximum atomic E-state index is 13.6. The van der Waals surface area contributed by atoms with Gasteiger partial charge < -0.3 is 25.8 Å². The van der Waals surface area contributed by atoms with E-state index in [4.69, 9.17) is 4.74 Å². The van der Waals surface area contributed by atoms with Gasteiger partial charge in [-0.1, -0.05) is 62.2 Å². The summed E-state index contributed by atoms with van der Waals surface area (Å²) >= 11 is 0. The Kier molecular flexibility index (Phi) is 11.4. The highest BCUT2D eigenvalue weighted by Crippen LogP contribution is 2.23. The summed E-state index contributed by atoms with van der Waals surface area (Å²) in [7, 11) is -3.95. The van der Waals surface area contributed by atoms with Crippen molar-refractivity contribution in [3.63, 3.8) is 0 Å². The molecule has 0 bridgehead atoms. The first-order chi connectivity index (χ1) is 20.3. The maximum Gasteiger partial charge on any atom is 0.408 e. The Morgan fingerprint density at radius 3 is 2.07 bits per heavy atom. The number of nitrogens with one attached hydrogen (secondary N) is 4. The Balaban J connectivity index is 1.81. The minimum atomic E-state index is -3.95. The third-order valence-electron chi connectivity index (χ3n) is 6.37. The Morgan fingerprint density at radius 1 is 0.907 bits per heavy atom. The molecule has 2 atom stereocenters. The van der Waals surface area contributed by atoms with Crippen molar-refractivity contribution in [3.05, 3.63) is 77.8 Å². The number of alkyl carbamates (subject to hydrolysis) is 1. The van der Waals surface area contributed by atoms with Crippen LogP contribution in [-0.2, 0) is 37.4 Å². The number of carbonyl (C=O) groups is 3. The predicted molar refractivity (Wildman–Crippen MR) is 163 cm³/mol. The number of anilines is 1. The van der Waals surface area contributed by atoms with Gasteiger partial charge in [-0.05, 0) is 50.5 Å². The summed E-state index contributed by atoms with van der Waals surface area (Å²) in [6.45, 7) is 7.66. The summed E-state index contributed by atoms with van der Waals surface area (Å²) in [4.78, 5) is 39.5. The van der Waals surface area contributed by atoms with E-state index in [1.807, 2.05) is 35.1 Å². The lowest BCUT2D eigenvalue weighted by molar-refractivity contribution is -0.130. The van der Waals surface area contributed by atoms with Crippen LogP contribution in [0.4, 0.5) is 10.5 Å². The lowest BCUT2D eigenvalue weighted by atomic mass is 10.0. The van der Waals surface area contributed by atoms with Crippen LogP contribution in [0.25, 0.3) is 0 Å². The van der Waals surface area contributed by atoms with Crippen molar-refractivity contribution in [1.29, 1.82) is 0 Å². The van der Waals surface area contributed by atoms with Crippen molar-refractivity contribution in [2.45, 2.75) is 77.5 Å². The molecule has 0 saturated carbocycles. The Morgan fingerprint density at radius 2 is 1.51 bits per heavy atom. The molecule has 43 heavy (non-hydrogen) atoms. The second kappa shape index (κ2) is 14.8. The lowest BCUT2D eigenvalue weighted by Crippen LogP contribution is -2.55. The highest BCUT2D eigenvalue weighted by molar-refractivity contribution is 7.91. The van der Waals surface area contributed by atoms with Gasteiger partial charge in [-0.3, -0.25) is 9.59 Å². The molecular formula is C30H41N5O7S. The van der Waals surface area contributed by atoms with Crippen molar-refractivity contribution in [2.75, 3.05) is 10.8 Å². The van der Waals surface area contributed by atoms with Crippen molar-refractivity contribution in [3.8, 4) is 0 Å². The average molecular weight is 616 g/mol. The van der Waals surface area contributed by atoms with E-state index < -0.39 is 45.8 Å².